The molecule has 2 nitrogen and oxygen atoms in total. The first-order chi connectivity index (χ1) is 7.72. The van der Waals surface area contributed by atoms with Crippen molar-refractivity contribution in [3.8, 4) is 0 Å². The number of carbonyl (C=O) groups excluding carboxylic acids is 1. The van der Waals surface area contributed by atoms with E-state index in [2.05, 4.69) is 15.9 Å². The monoisotopic (exact) mass is 301 g/mol. The van der Waals surface area contributed by atoms with E-state index >= 15 is 0 Å². The van der Waals surface area contributed by atoms with Crippen molar-refractivity contribution in [2.24, 2.45) is 5.92 Å². The molecule has 1 aliphatic rings. The van der Waals surface area contributed by atoms with E-state index in [1.54, 1.807) is 12.1 Å². The molecule has 2 rings (SSSR count). The fourth-order valence-electron chi connectivity index (χ4n) is 1.95. The number of benzene rings is 1. The van der Waals surface area contributed by atoms with Crippen LogP contribution in [0.5, 0.6) is 0 Å². The Morgan fingerprint density at radius 1 is 1.50 bits per heavy atom. The van der Waals surface area contributed by atoms with E-state index in [1.165, 1.54) is 0 Å². The second kappa shape index (κ2) is 5.19. The zero-order valence-electron chi connectivity index (χ0n) is 8.83. The highest BCUT2D eigenvalue weighted by Gasteiger charge is 2.26. The lowest BCUT2D eigenvalue weighted by atomic mass is 10.2. The van der Waals surface area contributed by atoms with Gasteiger partial charge in [-0.15, -0.1) is 0 Å². The van der Waals surface area contributed by atoms with Gasteiger partial charge in [0.2, 0.25) is 0 Å². The molecule has 1 heterocycles. The zero-order valence-corrected chi connectivity index (χ0v) is 11.2. The second-order valence-electron chi connectivity index (χ2n) is 4.04. The normalized spacial score (nSPS) is 20.1. The van der Waals surface area contributed by atoms with Crippen molar-refractivity contribution in [3.63, 3.8) is 0 Å². The third kappa shape index (κ3) is 2.41. The van der Waals surface area contributed by atoms with Gasteiger partial charge in [0.25, 0.3) is 5.91 Å². The Bertz CT molecular complexity index is 396. The molecule has 1 aromatic rings. The third-order valence-corrected chi connectivity index (χ3v) is 4.14. The van der Waals surface area contributed by atoms with Crippen molar-refractivity contribution in [1.82, 2.24) is 4.90 Å². The van der Waals surface area contributed by atoms with Gasteiger partial charge in [-0.1, -0.05) is 39.7 Å². The van der Waals surface area contributed by atoms with Gasteiger partial charge >= 0.3 is 0 Å². The quantitative estimate of drug-likeness (QED) is 0.768. The van der Waals surface area contributed by atoms with E-state index in [9.17, 15) is 4.79 Å². The molecule has 0 radical (unpaired) electrons. The Morgan fingerprint density at radius 2 is 2.25 bits per heavy atom. The Kier molecular flexibility index (Phi) is 3.87. The topological polar surface area (TPSA) is 20.3 Å². The first-order valence-electron chi connectivity index (χ1n) is 5.32. The predicted octanol–water partition coefficient (Wildman–Crippen LogP) is 3.20. The van der Waals surface area contributed by atoms with Crippen LogP contribution in [0.15, 0.2) is 24.3 Å². The fourth-order valence-corrected chi connectivity index (χ4v) is 2.69. The molecule has 1 aromatic carbocycles. The Labute approximate surface area is 109 Å². The maximum absolute atomic E-state index is 12.2. The number of carbonyl (C=O) groups is 1. The van der Waals surface area contributed by atoms with Gasteiger partial charge in [0.1, 0.15) is 0 Å². The number of alkyl halides is 1. The van der Waals surface area contributed by atoms with Crippen LogP contribution in [-0.2, 0) is 0 Å². The van der Waals surface area contributed by atoms with Crippen LogP contribution in [-0.4, -0.2) is 29.2 Å². The molecule has 0 spiro atoms. The average Bonchev–Trinajstić information content (AvgIpc) is 2.77. The van der Waals surface area contributed by atoms with Crippen molar-refractivity contribution in [1.29, 1.82) is 0 Å². The van der Waals surface area contributed by atoms with Gasteiger partial charge in [0.15, 0.2) is 0 Å². The summed E-state index contributed by atoms with van der Waals surface area (Å²) in [7, 11) is 0. The van der Waals surface area contributed by atoms with Crippen molar-refractivity contribution in [2.75, 3.05) is 18.4 Å². The van der Waals surface area contributed by atoms with Crippen LogP contribution < -0.4 is 0 Å². The molecule has 4 heteroatoms. The van der Waals surface area contributed by atoms with Gasteiger partial charge in [-0.3, -0.25) is 4.79 Å². The SMILES string of the molecule is O=C(c1ccccc1Cl)N1CCC(CBr)C1. The summed E-state index contributed by atoms with van der Waals surface area (Å²) in [5.41, 5.74) is 0.611. The number of likely N-dealkylation sites (tertiary alicyclic amines) is 1. The van der Waals surface area contributed by atoms with E-state index in [-0.39, 0.29) is 5.91 Å². The summed E-state index contributed by atoms with van der Waals surface area (Å²) in [6.07, 6.45) is 1.07. The summed E-state index contributed by atoms with van der Waals surface area (Å²) in [6.45, 7) is 1.66. The molecule has 1 saturated heterocycles. The number of rotatable bonds is 2. The Hall–Kier alpha value is -0.540. The summed E-state index contributed by atoms with van der Waals surface area (Å²) in [6, 6.07) is 7.22. The van der Waals surface area contributed by atoms with E-state index in [0.717, 1.165) is 24.8 Å². The van der Waals surface area contributed by atoms with Gasteiger partial charge in [-0.2, -0.15) is 0 Å². The third-order valence-electron chi connectivity index (χ3n) is 2.90. The molecule has 1 unspecified atom stereocenters. The summed E-state index contributed by atoms with van der Waals surface area (Å²) in [5, 5.41) is 1.49. The molecule has 0 aliphatic carbocycles. The number of amides is 1. The van der Waals surface area contributed by atoms with Crippen LogP contribution in [0.2, 0.25) is 5.02 Å². The average molecular weight is 303 g/mol. The van der Waals surface area contributed by atoms with E-state index in [1.807, 2.05) is 17.0 Å². The molecule has 1 aliphatic heterocycles. The number of halogens is 2. The van der Waals surface area contributed by atoms with Crippen molar-refractivity contribution < 1.29 is 4.79 Å². The van der Waals surface area contributed by atoms with Gasteiger partial charge in [0.05, 0.1) is 10.6 Å². The zero-order chi connectivity index (χ0) is 11.5. The number of hydrogen-bond acceptors (Lipinski definition) is 1. The lowest BCUT2D eigenvalue weighted by molar-refractivity contribution is 0.0788. The van der Waals surface area contributed by atoms with Crippen molar-refractivity contribution in [2.45, 2.75) is 6.42 Å². The molecule has 1 atom stereocenters. The molecule has 86 valence electrons. The van der Waals surface area contributed by atoms with Crippen molar-refractivity contribution >= 4 is 33.4 Å². The van der Waals surface area contributed by atoms with Crippen LogP contribution in [0.3, 0.4) is 0 Å². The molecule has 0 N–H and O–H groups in total. The molecule has 1 fully saturated rings. The van der Waals surface area contributed by atoms with Crippen LogP contribution in [0.1, 0.15) is 16.8 Å². The van der Waals surface area contributed by atoms with Crippen LogP contribution in [0.4, 0.5) is 0 Å². The van der Waals surface area contributed by atoms with Gasteiger partial charge in [-0.05, 0) is 24.5 Å². The standard InChI is InChI=1S/C12H13BrClNO/c13-7-9-5-6-15(8-9)12(16)10-3-1-2-4-11(10)14/h1-4,9H,5-8H2. The first-order valence-corrected chi connectivity index (χ1v) is 6.82. The Balaban J connectivity index is 2.12. The van der Waals surface area contributed by atoms with Gasteiger partial charge in [0, 0.05) is 18.4 Å². The first kappa shape index (κ1) is 11.9. The molecule has 0 bridgehead atoms. The lowest BCUT2D eigenvalue weighted by Gasteiger charge is -2.16. The Morgan fingerprint density at radius 3 is 2.88 bits per heavy atom. The highest BCUT2D eigenvalue weighted by molar-refractivity contribution is 9.09. The molecule has 0 aromatic heterocycles. The van der Waals surface area contributed by atoms with Crippen molar-refractivity contribution in [3.05, 3.63) is 34.9 Å². The largest absolute Gasteiger partial charge is 0.338 e. The van der Waals surface area contributed by atoms with E-state index in [4.69, 9.17) is 11.6 Å². The predicted molar refractivity (Wildman–Crippen MR) is 69.3 cm³/mol. The highest BCUT2D eigenvalue weighted by atomic mass is 79.9. The molecular formula is C12H13BrClNO. The maximum atomic E-state index is 12.2. The van der Waals surface area contributed by atoms with E-state index in [0.29, 0.717) is 16.5 Å². The number of nitrogens with zero attached hydrogens (tertiary/aromatic N) is 1. The fraction of sp³-hybridized carbons (Fsp3) is 0.417. The molecule has 1 amide bonds. The van der Waals surface area contributed by atoms with Crippen LogP contribution in [0, 0.1) is 5.92 Å². The second-order valence-corrected chi connectivity index (χ2v) is 5.09. The van der Waals surface area contributed by atoms with Gasteiger partial charge < -0.3 is 4.90 Å². The maximum Gasteiger partial charge on any atom is 0.255 e. The molecular weight excluding hydrogens is 289 g/mol. The summed E-state index contributed by atoms with van der Waals surface area (Å²) in [4.78, 5) is 14.0. The van der Waals surface area contributed by atoms with E-state index < -0.39 is 0 Å². The summed E-state index contributed by atoms with van der Waals surface area (Å²) >= 11 is 9.47. The number of hydrogen-bond donors (Lipinski definition) is 0. The summed E-state index contributed by atoms with van der Waals surface area (Å²) in [5.74, 6) is 0.625. The smallest absolute Gasteiger partial charge is 0.255 e. The van der Waals surface area contributed by atoms with Crippen LogP contribution >= 0.6 is 27.5 Å². The highest BCUT2D eigenvalue weighted by Crippen LogP contribution is 2.23. The lowest BCUT2D eigenvalue weighted by Crippen LogP contribution is -2.29. The molecule has 0 saturated carbocycles. The minimum Gasteiger partial charge on any atom is -0.338 e. The van der Waals surface area contributed by atoms with Gasteiger partial charge in [-0.25, -0.2) is 0 Å². The molecule has 16 heavy (non-hydrogen) atoms. The minimum absolute atomic E-state index is 0.0500. The minimum atomic E-state index is 0.0500. The van der Waals surface area contributed by atoms with Crippen LogP contribution in [0.25, 0.3) is 0 Å². The summed E-state index contributed by atoms with van der Waals surface area (Å²) < 4.78 is 0.